The number of aliphatic hydroxyl groups is 1. The van der Waals surface area contributed by atoms with Crippen molar-refractivity contribution in [3.8, 4) is 0 Å². The van der Waals surface area contributed by atoms with Crippen molar-refractivity contribution in [2.75, 3.05) is 19.8 Å². The fraction of sp³-hybridized carbons (Fsp3) is 0.600. The zero-order valence-electron chi connectivity index (χ0n) is 9.43. The molecule has 6 nitrogen and oxygen atoms in total. The number of carboxylic acid groups (broad SMARTS) is 1. The highest BCUT2D eigenvalue weighted by molar-refractivity contribution is 5.90. The first-order chi connectivity index (χ1) is 7.57. The van der Waals surface area contributed by atoms with Crippen LogP contribution in [0.25, 0.3) is 0 Å². The summed E-state index contributed by atoms with van der Waals surface area (Å²) in [6, 6.07) is 0. The number of rotatable bonds is 6. The third-order valence-corrected chi connectivity index (χ3v) is 2.28. The lowest BCUT2D eigenvalue weighted by molar-refractivity contribution is 0.0694. The molecule has 0 saturated heterocycles. The number of ether oxygens (including phenoxy) is 1. The van der Waals surface area contributed by atoms with E-state index >= 15 is 0 Å². The Morgan fingerprint density at radius 3 is 2.62 bits per heavy atom. The van der Waals surface area contributed by atoms with Crippen molar-refractivity contribution in [2.24, 2.45) is 0 Å². The van der Waals surface area contributed by atoms with E-state index in [1.165, 1.54) is 0 Å². The van der Waals surface area contributed by atoms with Gasteiger partial charge in [0.15, 0.2) is 0 Å². The molecule has 0 aliphatic rings. The molecular formula is C10H16N2O4. The van der Waals surface area contributed by atoms with Gasteiger partial charge in [-0.1, -0.05) is 0 Å². The van der Waals surface area contributed by atoms with Crippen molar-refractivity contribution in [1.82, 2.24) is 9.78 Å². The molecule has 0 aliphatic carbocycles. The number of aromatic carboxylic acids is 1. The van der Waals surface area contributed by atoms with E-state index in [0.29, 0.717) is 24.5 Å². The van der Waals surface area contributed by atoms with Crippen molar-refractivity contribution in [3.05, 3.63) is 17.0 Å². The first-order valence-electron chi connectivity index (χ1n) is 5.03. The predicted octanol–water partition coefficient (Wildman–Crippen LogP) is 0.207. The third-order valence-electron chi connectivity index (χ3n) is 2.28. The average molecular weight is 228 g/mol. The molecule has 6 heteroatoms. The van der Waals surface area contributed by atoms with Crippen LogP contribution in [0, 0.1) is 13.8 Å². The molecule has 0 atom stereocenters. The molecular weight excluding hydrogens is 212 g/mol. The van der Waals surface area contributed by atoms with Gasteiger partial charge in [0, 0.05) is 0 Å². The SMILES string of the molecule is Cc1nn(CCOCCO)c(C)c1C(=O)O. The number of aromatic nitrogens is 2. The Morgan fingerprint density at radius 2 is 2.12 bits per heavy atom. The summed E-state index contributed by atoms with van der Waals surface area (Å²) >= 11 is 0. The van der Waals surface area contributed by atoms with Gasteiger partial charge in [0.25, 0.3) is 0 Å². The molecule has 1 rings (SSSR count). The van der Waals surface area contributed by atoms with Gasteiger partial charge >= 0.3 is 5.97 Å². The van der Waals surface area contributed by atoms with Crippen molar-refractivity contribution < 1.29 is 19.7 Å². The predicted molar refractivity (Wildman–Crippen MR) is 56.6 cm³/mol. The van der Waals surface area contributed by atoms with Crippen LogP contribution >= 0.6 is 0 Å². The zero-order chi connectivity index (χ0) is 12.1. The van der Waals surface area contributed by atoms with Crippen LogP contribution < -0.4 is 0 Å². The number of nitrogens with zero attached hydrogens (tertiary/aromatic N) is 2. The molecule has 0 saturated carbocycles. The maximum atomic E-state index is 10.9. The molecule has 2 N–H and O–H groups in total. The lowest BCUT2D eigenvalue weighted by Gasteiger charge is -2.04. The highest BCUT2D eigenvalue weighted by Crippen LogP contribution is 2.12. The van der Waals surface area contributed by atoms with Gasteiger partial charge in [-0.25, -0.2) is 4.79 Å². The lowest BCUT2D eigenvalue weighted by atomic mass is 10.2. The Balaban J connectivity index is 2.67. The summed E-state index contributed by atoms with van der Waals surface area (Å²) in [5, 5.41) is 21.6. The number of hydrogen-bond donors (Lipinski definition) is 2. The van der Waals surface area contributed by atoms with Crippen LogP contribution in [0.3, 0.4) is 0 Å². The van der Waals surface area contributed by atoms with Crippen LogP contribution in [0.5, 0.6) is 0 Å². The summed E-state index contributed by atoms with van der Waals surface area (Å²) in [4.78, 5) is 10.9. The fourth-order valence-electron chi connectivity index (χ4n) is 1.54. The molecule has 0 bridgehead atoms. The lowest BCUT2D eigenvalue weighted by Crippen LogP contribution is -2.11. The molecule has 1 aromatic heterocycles. The minimum Gasteiger partial charge on any atom is -0.478 e. The number of carboxylic acids is 1. The van der Waals surface area contributed by atoms with Gasteiger partial charge in [0.1, 0.15) is 5.56 Å². The second-order valence-electron chi connectivity index (χ2n) is 3.41. The Hall–Kier alpha value is -1.40. The second kappa shape index (κ2) is 5.62. The zero-order valence-corrected chi connectivity index (χ0v) is 9.43. The molecule has 0 amide bonds. The first kappa shape index (κ1) is 12.7. The summed E-state index contributed by atoms with van der Waals surface area (Å²) in [7, 11) is 0. The maximum Gasteiger partial charge on any atom is 0.339 e. The molecule has 0 fully saturated rings. The van der Waals surface area contributed by atoms with Gasteiger partial charge in [-0.05, 0) is 13.8 Å². The van der Waals surface area contributed by atoms with E-state index in [0.717, 1.165) is 0 Å². The summed E-state index contributed by atoms with van der Waals surface area (Å²) in [6.45, 7) is 4.54. The van der Waals surface area contributed by atoms with E-state index in [4.69, 9.17) is 14.9 Å². The molecule has 0 aliphatic heterocycles. The Kier molecular flexibility index (Phi) is 4.45. The van der Waals surface area contributed by atoms with Crippen LogP contribution in [-0.4, -0.2) is 45.8 Å². The van der Waals surface area contributed by atoms with Crippen LogP contribution in [0.15, 0.2) is 0 Å². The monoisotopic (exact) mass is 228 g/mol. The van der Waals surface area contributed by atoms with E-state index in [1.54, 1.807) is 18.5 Å². The van der Waals surface area contributed by atoms with E-state index in [-0.39, 0.29) is 18.8 Å². The number of aryl methyl sites for hydroxylation is 1. The van der Waals surface area contributed by atoms with Crippen molar-refractivity contribution in [3.63, 3.8) is 0 Å². The Labute approximate surface area is 93.5 Å². The molecule has 1 aromatic rings. The third kappa shape index (κ3) is 2.80. The standard InChI is InChI=1S/C10H16N2O4/c1-7-9(10(14)15)8(2)12(11-7)3-5-16-6-4-13/h13H,3-6H2,1-2H3,(H,14,15). The molecule has 0 unspecified atom stereocenters. The van der Waals surface area contributed by atoms with E-state index in [9.17, 15) is 4.79 Å². The van der Waals surface area contributed by atoms with Gasteiger partial charge in [0.2, 0.25) is 0 Å². The van der Waals surface area contributed by atoms with Gasteiger partial charge in [-0.2, -0.15) is 5.10 Å². The van der Waals surface area contributed by atoms with Gasteiger partial charge in [0.05, 0.1) is 37.8 Å². The van der Waals surface area contributed by atoms with E-state index < -0.39 is 5.97 Å². The van der Waals surface area contributed by atoms with Gasteiger partial charge in [-0.3, -0.25) is 4.68 Å². The minimum absolute atomic E-state index is 0.0164. The Morgan fingerprint density at radius 1 is 1.44 bits per heavy atom. The summed E-state index contributed by atoms with van der Waals surface area (Å²) in [5.74, 6) is -0.961. The topological polar surface area (TPSA) is 84.6 Å². The summed E-state index contributed by atoms with van der Waals surface area (Å²) in [6.07, 6.45) is 0. The number of hydrogen-bond acceptors (Lipinski definition) is 4. The van der Waals surface area contributed by atoms with Crippen LogP contribution in [0.1, 0.15) is 21.7 Å². The number of carbonyl (C=O) groups is 1. The van der Waals surface area contributed by atoms with E-state index in [1.807, 2.05) is 0 Å². The average Bonchev–Trinajstić information content (AvgIpc) is 2.49. The van der Waals surface area contributed by atoms with Gasteiger partial charge in [-0.15, -0.1) is 0 Å². The van der Waals surface area contributed by atoms with Crippen molar-refractivity contribution >= 4 is 5.97 Å². The highest BCUT2D eigenvalue weighted by atomic mass is 16.5. The van der Waals surface area contributed by atoms with Crippen LogP contribution in [-0.2, 0) is 11.3 Å². The van der Waals surface area contributed by atoms with Gasteiger partial charge < -0.3 is 14.9 Å². The fourth-order valence-corrected chi connectivity index (χ4v) is 1.54. The summed E-state index contributed by atoms with van der Waals surface area (Å²) in [5.41, 5.74) is 1.38. The van der Waals surface area contributed by atoms with E-state index in [2.05, 4.69) is 5.10 Å². The van der Waals surface area contributed by atoms with Crippen LogP contribution in [0.2, 0.25) is 0 Å². The molecule has 0 aromatic carbocycles. The van der Waals surface area contributed by atoms with Crippen molar-refractivity contribution in [2.45, 2.75) is 20.4 Å². The summed E-state index contributed by atoms with van der Waals surface area (Å²) < 4.78 is 6.70. The van der Waals surface area contributed by atoms with Crippen molar-refractivity contribution in [1.29, 1.82) is 0 Å². The largest absolute Gasteiger partial charge is 0.478 e. The number of aliphatic hydroxyl groups excluding tert-OH is 1. The smallest absolute Gasteiger partial charge is 0.339 e. The molecule has 16 heavy (non-hydrogen) atoms. The Bertz CT molecular complexity index is 373. The highest BCUT2D eigenvalue weighted by Gasteiger charge is 2.17. The normalized spacial score (nSPS) is 10.7. The van der Waals surface area contributed by atoms with Crippen LogP contribution in [0.4, 0.5) is 0 Å². The minimum atomic E-state index is -0.961. The molecule has 1 heterocycles. The molecule has 90 valence electrons. The quantitative estimate of drug-likeness (QED) is 0.680. The second-order valence-corrected chi connectivity index (χ2v) is 3.41. The maximum absolute atomic E-state index is 10.9. The molecule has 0 spiro atoms. The molecule has 0 radical (unpaired) electrons. The first-order valence-corrected chi connectivity index (χ1v) is 5.03.